The van der Waals surface area contributed by atoms with Crippen molar-refractivity contribution < 1.29 is 9.13 Å². The number of halogens is 1. The minimum atomic E-state index is -0.251. The molecule has 2 heterocycles. The topological polar surface area (TPSA) is 15.7 Å². The van der Waals surface area contributed by atoms with Crippen molar-refractivity contribution in [3.8, 4) is 5.75 Å². The molecule has 0 aromatic heterocycles. The highest BCUT2D eigenvalue weighted by atomic mass is 19.1. The summed E-state index contributed by atoms with van der Waals surface area (Å²) in [5.41, 5.74) is 4.74. The zero-order chi connectivity index (χ0) is 21.0. The van der Waals surface area contributed by atoms with Crippen molar-refractivity contribution in [2.75, 3.05) is 32.7 Å². The molecule has 31 heavy (non-hydrogen) atoms. The van der Waals surface area contributed by atoms with Crippen LogP contribution in [0.15, 0.2) is 78.9 Å². The maximum Gasteiger partial charge on any atom is 0.127 e. The molecule has 0 aliphatic carbocycles. The third-order valence-electron chi connectivity index (χ3n) is 6.25. The fraction of sp³-hybridized carbons (Fsp3) is 0.259. The predicted octanol–water partition coefficient (Wildman–Crippen LogP) is 5.14. The molecule has 0 unspecified atom stereocenters. The summed E-state index contributed by atoms with van der Waals surface area (Å²) in [7, 11) is 0. The molecule has 1 atom stereocenters. The zero-order valence-corrected chi connectivity index (χ0v) is 17.6. The molecule has 158 valence electrons. The van der Waals surface area contributed by atoms with E-state index in [4.69, 9.17) is 4.74 Å². The Bertz CT molecular complexity index is 1060. The van der Waals surface area contributed by atoms with Gasteiger partial charge in [-0.2, -0.15) is 0 Å². The molecular formula is C27H27FN2O. The van der Waals surface area contributed by atoms with Gasteiger partial charge in [0.05, 0.1) is 6.04 Å². The highest BCUT2D eigenvalue weighted by molar-refractivity contribution is 5.49. The summed E-state index contributed by atoms with van der Waals surface area (Å²) in [6, 6.07) is 23.9. The van der Waals surface area contributed by atoms with Gasteiger partial charge in [-0.25, -0.2) is 4.39 Å². The lowest BCUT2D eigenvalue weighted by Gasteiger charge is -2.39. The SMILES string of the molecule is Fc1ccc2c(c1)OCc1ccccc1[C@@H]2N1CCN(C/C=C/c2ccccc2)CC1. The van der Waals surface area contributed by atoms with Crippen LogP contribution >= 0.6 is 0 Å². The summed E-state index contributed by atoms with van der Waals surface area (Å²) in [4.78, 5) is 5.00. The second kappa shape index (κ2) is 9.04. The summed E-state index contributed by atoms with van der Waals surface area (Å²) >= 11 is 0. The normalized spacial score (nSPS) is 19.5. The Hall–Kier alpha value is -2.95. The molecule has 2 aliphatic rings. The first kappa shape index (κ1) is 20.0. The number of hydrogen-bond donors (Lipinski definition) is 0. The molecule has 0 bridgehead atoms. The number of benzene rings is 3. The maximum absolute atomic E-state index is 13.9. The molecule has 0 amide bonds. The van der Waals surface area contributed by atoms with Crippen LogP contribution in [-0.2, 0) is 6.61 Å². The lowest BCUT2D eigenvalue weighted by Crippen LogP contribution is -2.47. The third-order valence-corrected chi connectivity index (χ3v) is 6.25. The van der Waals surface area contributed by atoms with Gasteiger partial charge in [0.1, 0.15) is 18.2 Å². The summed E-state index contributed by atoms with van der Waals surface area (Å²) in [6.45, 7) is 5.39. The number of nitrogens with zero attached hydrogens (tertiary/aromatic N) is 2. The van der Waals surface area contributed by atoms with Crippen molar-refractivity contribution in [1.82, 2.24) is 9.80 Å². The Morgan fingerprint density at radius 3 is 2.48 bits per heavy atom. The largest absolute Gasteiger partial charge is 0.488 e. The number of hydrogen-bond acceptors (Lipinski definition) is 3. The van der Waals surface area contributed by atoms with Gasteiger partial charge in [-0.15, -0.1) is 0 Å². The average molecular weight is 415 g/mol. The van der Waals surface area contributed by atoms with Crippen LogP contribution in [0.3, 0.4) is 0 Å². The van der Waals surface area contributed by atoms with E-state index in [1.165, 1.54) is 22.8 Å². The second-order valence-electron chi connectivity index (χ2n) is 8.22. The van der Waals surface area contributed by atoms with Crippen LogP contribution in [0.4, 0.5) is 4.39 Å². The number of rotatable bonds is 4. The van der Waals surface area contributed by atoms with Crippen LogP contribution in [0.1, 0.15) is 28.3 Å². The van der Waals surface area contributed by atoms with Gasteiger partial charge < -0.3 is 4.74 Å². The van der Waals surface area contributed by atoms with E-state index in [1.54, 1.807) is 6.07 Å². The Balaban J connectivity index is 1.32. The van der Waals surface area contributed by atoms with Gasteiger partial charge in [-0.05, 0) is 22.8 Å². The molecule has 1 saturated heterocycles. The summed E-state index contributed by atoms with van der Waals surface area (Å²) in [5, 5.41) is 0. The van der Waals surface area contributed by atoms with E-state index in [0.29, 0.717) is 12.4 Å². The fourth-order valence-electron chi connectivity index (χ4n) is 4.61. The van der Waals surface area contributed by atoms with Crippen molar-refractivity contribution in [3.05, 3.63) is 107 Å². The molecule has 5 rings (SSSR count). The van der Waals surface area contributed by atoms with E-state index in [0.717, 1.165) is 38.3 Å². The minimum Gasteiger partial charge on any atom is -0.488 e. The number of ether oxygens (including phenoxy) is 1. The van der Waals surface area contributed by atoms with Crippen molar-refractivity contribution in [1.29, 1.82) is 0 Å². The van der Waals surface area contributed by atoms with Crippen LogP contribution in [-0.4, -0.2) is 42.5 Å². The first-order valence-electron chi connectivity index (χ1n) is 11.0. The van der Waals surface area contributed by atoms with E-state index in [9.17, 15) is 4.39 Å². The third kappa shape index (κ3) is 4.41. The lowest BCUT2D eigenvalue weighted by atomic mass is 9.93. The molecule has 0 radical (unpaired) electrons. The Morgan fingerprint density at radius 2 is 1.65 bits per heavy atom. The maximum atomic E-state index is 13.9. The van der Waals surface area contributed by atoms with E-state index in [2.05, 4.69) is 64.4 Å². The van der Waals surface area contributed by atoms with Gasteiger partial charge >= 0.3 is 0 Å². The molecule has 0 saturated carbocycles. The summed E-state index contributed by atoms with van der Waals surface area (Å²) in [5.74, 6) is 0.410. The lowest BCUT2D eigenvalue weighted by molar-refractivity contribution is 0.117. The van der Waals surface area contributed by atoms with E-state index >= 15 is 0 Å². The molecule has 3 aromatic carbocycles. The molecular weight excluding hydrogens is 387 g/mol. The van der Waals surface area contributed by atoms with Gasteiger partial charge in [0.15, 0.2) is 0 Å². The van der Waals surface area contributed by atoms with Gasteiger partial charge in [0.2, 0.25) is 0 Å². The van der Waals surface area contributed by atoms with Crippen molar-refractivity contribution in [2.24, 2.45) is 0 Å². The van der Waals surface area contributed by atoms with Crippen molar-refractivity contribution in [3.63, 3.8) is 0 Å². The van der Waals surface area contributed by atoms with Gasteiger partial charge in [0, 0.05) is 44.4 Å². The molecule has 0 spiro atoms. The van der Waals surface area contributed by atoms with E-state index < -0.39 is 0 Å². The number of piperazine rings is 1. The van der Waals surface area contributed by atoms with Gasteiger partial charge in [-0.3, -0.25) is 9.80 Å². The summed E-state index contributed by atoms with van der Waals surface area (Å²) < 4.78 is 19.9. The summed E-state index contributed by atoms with van der Waals surface area (Å²) in [6.07, 6.45) is 4.44. The highest BCUT2D eigenvalue weighted by Gasteiger charge is 2.31. The molecule has 3 nitrogen and oxygen atoms in total. The number of fused-ring (bicyclic) bond motifs is 2. The smallest absolute Gasteiger partial charge is 0.127 e. The minimum absolute atomic E-state index is 0.0938. The van der Waals surface area contributed by atoms with Crippen molar-refractivity contribution >= 4 is 6.08 Å². The van der Waals surface area contributed by atoms with Gasteiger partial charge in [-0.1, -0.05) is 72.8 Å². The fourth-order valence-corrected chi connectivity index (χ4v) is 4.61. The van der Waals surface area contributed by atoms with Gasteiger partial charge in [0.25, 0.3) is 0 Å². The first-order chi connectivity index (χ1) is 15.3. The Kier molecular flexibility index (Phi) is 5.83. The van der Waals surface area contributed by atoms with E-state index in [-0.39, 0.29) is 11.9 Å². The van der Waals surface area contributed by atoms with Crippen LogP contribution in [0, 0.1) is 5.82 Å². The standard InChI is InChI=1S/C27H27FN2O/c28-23-12-13-25-26(19-23)31-20-22-10-4-5-11-24(22)27(25)30-17-15-29(16-18-30)14-6-9-21-7-2-1-3-8-21/h1-13,19,27H,14-18,20H2/b9-6+/t27-/m0/s1. The monoisotopic (exact) mass is 414 g/mol. The molecule has 1 fully saturated rings. The average Bonchev–Trinajstić information content (AvgIpc) is 2.97. The first-order valence-corrected chi connectivity index (χ1v) is 11.0. The van der Waals surface area contributed by atoms with Crippen LogP contribution < -0.4 is 4.74 Å². The molecule has 0 N–H and O–H groups in total. The zero-order valence-electron chi connectivity index (χ0n) is 17.6. The Morgan fingerprint density at radius 1 is 0.871 bits per heavy atom. The Labute approximate surface area is 183 Å². The van der Waals surface area contributed by atoms with Crippen molar-refractivity contribution in [2.45, 2.75) is 12.6 Å². The van der Waals surface area contributed by atoms with Crippen LogP contribution in [0.5, 0.6) is 5.75 Å². The molecule has 4 heteroatoms. The molecule has 3 aromatic rings. The van der Waals surface area contributed by atoms with Crippen LogP contribution in [0.2, 0.25) is 0 Å². The molecule has 2 aliphatic heterocycles. The highest BCUT2D eigenvalue weighted by Crippen LogP contribution is 2.40. The predicted molar refractivity (Wildman–Crippen MR) is 123 cm³/mol. The van der Waals surface area contributed by atoms with Crippen LogP contribution in [0.25, 0.3) is 6.08 Å². The second-order valence-corrected chi connectivity index (χ2v) is 8.22. The van der Waals surface area contributed by atoms with E-state index in [1.807, 2.05) is 18.2 Å². The quantitative estimate of drug-likeness (QED) is 0.588.